The molecule has 162 valence electrons. The smallest absolute Gasteiger partial charge is 0.273 e. The van der Waals surface area contributed by atoms with Crippen LogP contribution in [0.4, 0.5) is 0 Å². The number of halogens is 1. The van der Waals surface area contributed by atoms with Gasteiger partial charge in [0, 0.05) is 34.5 Å². The summed E-state index contributed by atoms with van der Waals surface area (Å²) in [4.78, 5) is 40.5. The Balaban J connectivity index is 1.75. The van der Waals surface area contributed by atoms with Crippen LogP contribution in [0.5, 0.6) is 5.75 Å². The van der Waals surface area contributed by atoms with Gasteiger partial charge in [-0.1, -0.05) is 43.6 Å². The number of H-pyrrole nitrogens is 1. The fraction of sp³-hybridized carbons (Fsp3) is 0.227. The van der Waals surface area contributed by atoms with E-state index in [0.717, 1.165) is 16.5 Å². The first-order chi connectivity index (χ1) is 14.8. The molecule has 31 heavy (non-hydrogen) atoms. The van der Waals surface area contributed by atoms with Gasteiger partial charge < -0.3 is 15.4 Å². The van der Waals surface area contributed by atoms with Crippen molar-refractivity contribution in [1.29, 1.82) is 0 Å². The summed E-state index contributed by atoms with van der Waals surface area (Å²) in [7, 11) is 0. The lowest BCUT2D eigenvalue weighted by atomic mass is 10.0. The summed E-state index contributed by atoms with van der Waals surface area (Å²) in [5.74, 6) is -2.24. The van der Waals surface area contributed by atoms with Gasteiger partial charge in [-0.25, -0.2) is 0 Å². The van der Waals surface area contributed by atoms with E-state index in [-0.39, 0.29) is 34.6 Å². The van der Waals surface area contributed by atoms with Gasteiger partial charge in [0.25, 0.3) is 11.8 Å². The Labute approximate surface area is 184 Å². The van der Waals surface area contributed by atoms with Crippen molar-refractivity contribution in [2.24, 2.45) is 5.92 Å². The number of phenols is 1. The highest BCUT2D eigenvalue weighted by atomic mass is 35.5. The fourth-order valence-electron chi connectivity index (χ4n) is 3.03. The van der Waals surface area contributed by atoms with E-state index < -0.39 is 17.9 Å². The summed E-state index contributed by atoms with van der Waals surface area (Å²) in [6, 6.07) is 10.7. The second-order valence-electron chi connectivity index (χ2n) is 7.38. The number of carbonyl (C=O) groups is 3. The summed E-state index contributed by atoms with van der Waals surface area (Å²) >= 11 is 5.86. The topological polar surface area (TPSA) is 123 Å². The number of phenolic OH excluding ortho intramolecular Hbond substituents is 1. The molecule has 8 nitrogen and oxygen atoms in total. The fourth-order valence-corrected chi connectivity index (χ4v) is 3.20. The number of amides is 3. The number of carbonyl (C=O) groups excluding carboxylic acids is 3. The number of hydrazine groups is 1. The molecule has 0 aliphatic rings. The van der Waals surface area contributed by atoms with Crippen LogP contribution in [0.2, 0.25) is 5.02 Å². The van der Waals surface area contributed by atoms with E-state index in [9.17, 15) is 19.5 Å². The van der Waals surface area contributed by atoms with Gasteiger partial charge in [-0.3, -0.25) is 25.2 Å². The molecule has 0 fully saturated rings. The maximum absolute atomic E-state index is 12.8. The molecule has 3 rings (SSSR count). The molecule has 0 bridgehead atoms. The van der Waals surface area contributed by atoms with Gasteiger partial charge in [-0.15, -0.1) is 0 Å². The summed E-state index contributed by atoms with van der Waals surface area (Å²) in [6.07, 6.45) is 2.00. The van der Waals surface area contributed by atoms with Crippen LogP contribution in [-0.4, -0.2) is 33.9 Å². The van der Waals surface area contributed by atoms with Gasteiger partial charge in [0.1, 0.15) is 11.8 Å². The predicted molar refractivity (Wildman–Crippen MR) is 117 cm³/mol. The van der Waals surface area contributed by atoms with Crippen LogP contribution in [0.1, 0.15) is 29.8 Å². The Morgan fingerprint density at radius 2 is 1.81 bits per heavy atom. The van der Waals surface area contributed by atoms with Crippen molar-refractivity contribution in [2.75, 3.05) is 0 Å². The molecule has 5 N–H and O–H groups in total. The van der Waals surface area contributed by atoms with Crippen molar-refractivity contribution in [3.63, 3.8) is 0 Å². The van der Waals surface area contributed by atoms with Crippen molar-refractivity contribution in [3.05, 3.63) is 64.8 Å². The number of para-hydroxylation sites is 1. The van der Waals surface area contributed by atoms with Crippen LogP contribution in [0.25, 0.3) is 10.9 Å². The summed E-state index contributed by atoms with van der Waals surface area (Å²) in [5, 5.41) is 13.8. The van der Waals surface area contributed by atoms with E-state index in [1.54, 1.807) is 20.0 Å². The Morgan fingerprint density at radius 1 is 1.06 bits per heavy atom. The SMILES string of the molecule is CC(C)C(=O)NC(Cc1c[nH]c2ccccc12)C(=O)NNC(=O)c1cc(Cl)ccc1O. The number of aromatic hydroxyl groups is 1. The number of rotatable bonds is 6. The first-order valence-electron chi connectivity index (χ1n) is 9.70. The quantitative estimate of drug-likeness (QED) is 0.376. The van der Waals surface area contributed by atoms with Crippen molar-refractivity contribution in [2.45, 2.75) is 26.3 Å². The molecule has 0 saturated carbocycles. The molecule has 3 amide bonds. The molecule has 9 heteroatoms. The van der Waals surface area contributed by atoms with E-state index in [2.05, 4.69) is 21.2 Å². The summed E-state index contributed by atoms with van der Waals surface area (Å²) in [6.45, 7) is 3.44. The molecule has 2 aromatic carbocycles. The predicted octanol–water partition coefficient (Wildman–Crippen LogP) is 2.67. The highest BCUT2D eigenvalue weighted by molar-refractivity contribution is 6.31. The third-order valence-electron chi connectivity index (χ3n) is 4.76. The lowest BCUT2D eigenvalue weighted by Crippen LogP contribution is -2.53. The normalized spacial score (nSPS) is 11.9. The minimum atomic E-state index is -0.928. The lowest BCUT2D eigenvalue weighted by molar-refractivity contribution is -0.130. The maximum Gasteiger partial charge on any atom is 0.273 e. The van der Waals surface area contributed by atoms with Crippen LogP contribution in [0.3, 0.4) is 0 Å². The number of aromatic nitrogens is 1. The summed E-state index contributed by atoms with van der Waals surface area (Å²) < 4.78 is 0. The zero-order chi connectivity index (χ0) is 22.5. The van der Waals surface area contributed by atoms with E-state index in [4.69, 9.17) is 11.6 Å². The minimum Gasteiger partial charge on any atom is -0.507 e. The van der Waals surface area contributed by atoms with Crippen LogP contribution in [0, 0.1) is 5.92 Å². The number of benzene rings is 2. The average molecular weight is 443 g/mol. The third kappa shape index (κ3) is 5.35. The van der Waals surface area contributed by atoms with E-state index >= 15 is 0 Å². The molecule has 0 aliphatic carbocycles. The maximum atomic E-state index is 12.8. The molecule has 0 radical (unpaired) electrons. The van der Waals surface area contributed by atoms with Gasteiger partial charge in [0.2, 0.25) is 5.91 Å². The van der Waals surface area contributed by atoms with Gasteiger partial charge in [-0.05, 0) is 29.8 Å². The Hall–Kier alpha value is -3.52. The second-order valence-corrected chi connectivity index (χ2v) is 7.82. The number of hydrogen-bond donors (Lipinski definition) is 5. The molecule has 1 atom stereocenters. The molecule has 3 aromatic rings. The third-order valence-corrected chi connectivity index (χ3v) is 4.99. The van der Waals surface area contributed by atoms with E-state index in [0.29, 0.717) is 0 Å². The van der Waals surface area contributed by atoms with Gasteiger partial charge in [-0.2, -0.15) is 0 Å². The standard InChI is InChI=1S/C22H23ClN4O4/c1-12(2)20(29)25-18(9-13-11-24-17-6-4-3-5-15(13)17)22(31)27-26-21(30)16-10-14(23)7-8-19(16)28/h3-8,10-12,18,24,28H,9H2,1-2H3,(H,25,29)(H,26,30)(H,27,31). The Morgan fingerprint density at radius 3 is 2.55 bits per heavy atom. The molecule has 0 spiro atoms. The minimum absolute atomic E-state index is 0.0906. The number of nitrogens with one attached hydrogen (secondary N) is 4. The van der Waals surface area contributed by atoms with Crippen LogP contribution >= 0.6 is 11.6 Å². The zero-order valence-corrected chi connectivity index (χ0v) is 17.8. The largest absolute Gasteiger partial charge is 0.507 e. The van der Waals surface area contributed by atoms with E-state index in [1.807, 2.05) is 24.3 Å². The summed E-state index contributed by atoms with van der Waals surface area (Å²) in [5.41, 5.74) is 6.23. The monoisotopic (exact) mass is 442 g/mol. The van der Waals surface area contributed by atoms with Gasteiger partial charge in [0.05, 0.1) is 5.56 Å². The van der Waals surface area contributed by atoms with Crippen LogP contribution in [-0.2, 0) is 16.0 Å². The first-order valence-corrected chi connectivity index (χ1v) is 10.1. The van der Waals surface area contributed by atoms with Crippen molar-refractivity contribution >= 4 is 40.2 Å². The van der Waals surface area contributed by atoms with Gasteiger partial charge >= 0.3 is 0 Å². The van der Waals surface area contributed by atoms with Crippen molar-refractivity contribution in [1.82, 2.24) is 21.2 Å². The number of aromatic amines is 1. The second kappa shape index (κ2) is 9.53. The highest BCUT2D eigenvalue weighted by Crippen LogP contribution is 2.21. The highest BCUT2D eigenvalue weighted by Gasteiger charge is 2.24. The average Bonchev–Trinajstić information content (AvgIpc) is 3.15. The van der Waals surface area contributed by atoms with Crippen LogP contribution < -0.4 is 16.2 Å². The lowest BCUT2D eigenvalue weighted by Gasteiger charge is -2.20. The molecule has 1 aromatic heterocycles. The zero-order valence-electron chi connectivity index (χ0n) is 17.0. The van der Waals surface area contributed by atoms with Crippen molar-refractivity contribution < 1.29 is 19.5 Å². The van der Waals surface area contributed by atoms with E-state index in [1.165, 1.54) is 18.2 Å². The molecule has 1 unspecified atom stereocenters. The molecule has 0 aliphatic heterocycles. The number of fused-ring (bicyclic) bond motifs is 1. The number of hydrogen-bond acceptors (Lipinski definition) is 4. The molecular formula is C22H23ClN4O4. The Bertz CT molecular complexity index is 1130. The molecular weight excluding hydrogens is 420 g/mol. The molecule has 1 heterocycles. The van der Waals surface area contributed by atoms with Crippen molar-refractivity contribution in [3.8, 4) is 5.75 Å². The van der Waals surface area contributed by atoms with Crippen LogP contribution in [0.15, 0.2) is 48.7 Å². The van der Waals surface area contributed by atoms with Gasteiger partial charge in [0.15, 0.2) is 0 Å². The first kappa shape index (κ1) is 22.2. The Kier molecular flexibility index (Phi) is 6.81. The molecule has 0 saturated heterocycles.